The maximum Gasteiger partial charge on any atom is 0.308 e. The fourth-order valence-corrected chi connectivity index (χ4v) is 3.69. The van der Waals surface area contributed by atoms with Crippen LogP contribution in [0.2, 0.25) is 0 Å². The minimum absolute atomic E-state index is 0.0754. The standard InChI is InChI=1S/C22H34O4/c1-3-4-5-6-7-8-17-26-21(23)18-13-15-22(24,16-14-18)19-9-11-20(25-2)12-10-19/h9-12,18,24H,3-8,13-17H2,1-2H3. The molecule has 0 atom stereocenters. The predicted molar refractivity (Wildman–Crippen MR) is 103 cm³/mol. The fraction of sp³-hybridized carbons (Fsp3) is 0.682. The van der Waals surface area contributed by atoms with Crippen LogP contribution in [-0.2, 0) is 15.1 Å². The van der Waals surface area contributed by atoms with Crippen LogP contribution in [0.4, 0.5) is 0 Å². The zero-order valence-electron chi connectivity index (χ0n) is 16.3. The summed E-state index contributed by atoms with van der Waals surface area (Å²) in [5.41, 5.74) is 0.0553. The van der Waals surface area contributed by atoms with Crippen LogP contribution in [0, 0.1) is 5.92 Å². The van der Waals surface area contributed by atoms with E-state index in [1.165, 1.54) is 25.7 Å². The van der Waals surface area contributed by atoms with Gasteiger partial charge in [-0.1, -0.05) is 51.2 Å². The molecule has 1 aromatic carbocycles. The zero-order valence-corrected chi connectivity index (χ0v) is 16.3. The molecule has 0 amide bonds. The van der Waals surface area contributed by atoms with Gasteiger partial charge in [-0.25, -0.2) is 0 Å². The van der Waals surface area contributed by atoms with Crippen molar-refractivity contribution >= 4 is 5.97 Å². The number of rotatable bonds is 10. The van der Waals surface area contributed by atoms with Crippen LogP contribution in [0.1, 0.15) is 76.7 Å². The number of esters is 1. The molecule has 1 fully saturated rings. The van der Waals surface area contributed by atoms with E-state index in [9.17, 15) is 9.90 Å². The quantitative estimate of drug-likeness (QED) is 0.471. The van der Waals surface area contributed by atoms with Gasteiger partial charge in [0.25, 0.3) is 0 Å². The van der Waals surface area contributed by atoms with Crippen molar-refractivity contribution in [3.63, 3.8) is 0 Å². The van der Waals surface area contributed by atoms with Crippen LogP contribution >= 0.6 is 0 Å². The van der Waals surface area contributed by atoms with Crippen LogP contribution in [0.25, 0.3) is 0 Å². The first-order valence-electron chi connectivity index (χ1n) is 10.1. The van der Waals surface area contributed by atoms with Crippen LogP contribution in [-0.4, -0.2) is 24.8 Å². The number of carbonyl (C=O) groups is 1. The molecule has 1 aliphatic carbocycles. The fourth-order valence-electron chi connectivity index (χ4n) is 3.69. The highest BCUT2D eigenvalue weighted by Crippen LogP contribution is 2.40. The van der Waals surface area contributed by atoms with Gasteiger partial charge in [-0.15, -0.1) is 0 Å². The van der Waals surface area contributed by atoms with Crippen LogP contribution in [0.3, 0.4) is 0 Å². The van der Waals surface area contributed by atoms with E-state index in [-0.39, 0.29) is 11.9 Å². The van der Waals surface area contributed by atoms with Gasteiger partial charge in [0, 0.05) is 0 Å². The van der Waals surface area contributed by atoms with E-state index >= 15 is 0 Å². The lowest BCUT2D eigenvalue weighted by atomic mass is 9.75. The third kappa shape index (κ3) is 6.01. The van der Waals surface area contributed by atoms with E-state index in [0.29, 0.717) is 32.3 Å². The number of carbonyl (C=O) groups excluding carboxylic acids is 1. The van der Waals surface area contributed by atoms with Crippen LogP contribution in [0.5, 0.6) is 5.75 Å². The molecule has 0 aromatic heterocycles. The van der Waals surface area contributed by atoms with E-state index in [4.69, 9.17) is 9.47 Å². The summed E-state index contributed by atoms with van der Waals surface area (Å²) in [5, 5.41) is 10.9. The second kappa shape index (κ2) is 10.6. The summed E-state index contributed by atoms with van der Waals surface area (Å²) in [5.74, 6) is 0.619. The second-order valence-electron chi connectivity index (χ2n) is 7.47. The normalized spacial score (nSPS) is 22.8. The molecule has 0 bridgehead atoms. The Morgan fingerprint density at radius 2 is 1.69 bits per heavy atom. The van der Waals surface area contributed by atoms with E-state index in [1.54, 1.807) is 7.11 Å². The summed E-state index contributed by atoms with van der Waals surface area (Å²) in [4.78, 5) is 12.2. The first kappa shape index (κ1) is 20.8. The molecule has 2 rings (SSSR count). The van der Waals surface area contributed by atoms with E-state index < -0.39 is 5.60 Å². The highest BCUT2D eigenvalue weighted by Gasteiger charge is 2.37. The Hall–Kier alpha value is -1.55. The molecule has 1 N–H and O–H groups in total. The number of aliphatic hydroxyl groups is 1. The van der Waals surface area contributed by atoms with Gasteiger partial charge >= 0.3 is 5.97 Å². The van der Waals surface area contributed by atoms with Crippen molar-refractivity contribution in [3.05, 3.63) is 29.8 Å². The van der Waals surface area contributed by atoms with Crippen molar-refractivity contribution in [1.29, 1.82) is 0 Å². The molecule has 1 aliphatic rings. The van der Waals surface area contributed by atoms with Crippen LogP contribution < -0.4 is 4.74 Å². The Balaban J connectivity index is 1.70. The van der Waals surface area contributed by atoms with Gasteiger partial charge in [0.2, 0.25) is 0 Å². The van der Waals surface area contributed by atoms with E-state index in [0.717, 1.165) is 24.2 Å². The lowest BCUT2D eigenvalue weighted by Crippen LogP contribution is -2.34. The van der Waals surface area contributed by atoms with E-state index in [1.807, 2.05) is 24.3 Å². The molecular weight excluding hydrogens is 328 g/mol. The van der Waals surface area contributed by atoms with E-state index in [2.05, 4.69) is 6.92 Å². The molecule has 146 valence electrons. The van der Waals surface area contributed by atoms with Gasteiger partial charge < -0.3 is 14.6 Å². The van der Waals surface area contributed by atoms with Crippen LogP contribution in [0.15, 0.2) is 24.3 Å². The lowest BCUT2D eigenvalue weighted by molar-refractivity contribution is -0.152. The minimum atomic E-state index is -0.845. The molecular formula is C22H34O4. The average molecular weight is 363 g/mol. The van der Waals surface area contributed by atoms with Gasteiger partial charge in [0.05, 0.1) is 25.2 Å². The summed E-state index contributed by atoms with van der Waals surface area (Å²) in [6.07, 6.45) is 9.67. The number of ether oxygens (including phenoxy) is 2. The summed E-state index contributed by atoms with van der Waals surface area (Å²) in [7, 11) is 1.63. The maximum atomic E-state index is 12.2. The average Bonchev–Trinajstić information content (AvgIpc) is 2.67. The Morgan fingerprint density at radius 3 is 2.31 bits per heavy atom. The predicted octanol–water partition coefficient (Wildman–Crippen LogP) is 4.98. The van der Waals surface area contributed by atoms with Crippen molar-refractivity contribution in [2.24, 2.45) is 5.92 Å². The number of hydrogen-bond donors (Lipinski definition) is 1. The topological polar surface area (TPSA) is 55.8 Å². The Bertz CT molecular complexity index is 530. The highest BCUT2D eigenvalue weighted by molar-refractivity contribution is 5.72. The van der Waals surface area contributed by atoms with Gasteiger partial charge in [-0.05, 0) is 49.8 Å². The van der Waals surface area contributed by atoms with Crippen molar-refractivity contribution in [2.75, 3.05) is 13.7 Å². The third-order valence-corrected chi connectivity index (χ3v) is 5.52. The third-order valence-electron chi connectivity index (χ3n) is 5.52. The molecule has 4 nitrogen and oxygen atoms in total. The lowest BCUT2D eigenvalue weighted by Gasteiger charge is -2.35. The number of benzene rings is 1. The molecule has 0 spiro atoms. The molecule has 0 saturated heterocycles. The SMILES string of the molecule is CCCCCCCCOC(=O)C1CCC(O)(c2ccc(OC)cc2)CC1. The number of unbranched alkanes of at least 4 members (excludes halogenated alkanes) is 5. The largest absolute Gasteiger partial charge is 0.497 e. The van der Waals surface area contributed by atoms with Gasteiger partial charge in [-0.2, -0.15) is 0 Å². The van der Waals surface area contributed by atoms with Crippen molar-refractivity contribution in [2.45, 2.75) is 76.7 Å². The smallest absolute Gasteiger partial charge is 0.308 e. The van der Waals surface area contributed by atoms with Gasteiger partial charge in [0.15, 0.2) is 0 Å². The highest BCUT2D eigenvalue weighted by atomic mass is 16.5. The van der Waals surface area contributed by atoms with Crippen molar-refractivity contribution < 1.29 is 19.4 Å². The molecule has 0 aliphatic heterocycles. The molecule has 0 heterocycles. The van der Waals surface area contributed by atoms with Gasteiger partial charge in [0.1, 0.15) is 5.75 Å². The first-order valence-corrected chi connectivity index (χ1v) is 10.1. The molecule has 1 saturated carbocycles. The molecule has 4 heteroatoms. The number of methoxy groups -OCH3 is 1. The van der Waals surface area contributed by atoms with Gasteiger partial charge in [-0.3, -0.25) is 4.79 Å². The summed E-state index contributed by atoms with van der Waals surface area (Å²) in [6, 6.07) is 7.56. The molecule has 26 heavy (non-hydrogen) atoms. The molecule has 0 unspecified atom stereocenters. The Labute approximate surface area is 157 Å². The maximum absolute atomic E-state index is 12.2. The minimum Gasteiger partial charge on any atom is -0.497 e. The first-order chi connectivity index (χ1) is 12.6. The zero-order chi connectivity index (χ0) is 18.8. The Morgan fingerprint density at radius 1 is 1.08 bits per heavy atom. The molecule has 1 aromatic rings. The summed E-state index contributed by atoms with van der Waals surface area (Å²) in [6.45, 7) is 2.74. The summed E-state index contributed by atoms with van der Waals surface area (Å²) < 4.78 is 10.6. The monoisotopic (exact) mass is 362 g/mol. The van der Waals surface area contributed by atoms with Crippen molar-refractivity contribution in [1.82, 2.24) is 0 Å². The molecule has 0 radical (unpaired) electrons. The summed E-state index contributed by atoms with van der Waals surface area (Å²) >= 11 is 0. The van der Waals surface area contributed by atoms with Crippen molar-refractivity contribution in [3.8, 4) is 5.75 Å². The number of hydrogen-bond acceptors (Lipinski definition) is 4. The second-order valence-corrected chi connectivity index (χ2v) is 7.47. The Kier molecular flexibility index (Phi) is 8.43.